The monoisotopic (exact) mass is 1750 g/mol. The predicted molar refractivity (Wildman–Crippen MR) is 534 cm³/mol. The molecular weight excluding hydrogens is 1640 g/mol. The van der Waals surface area contributed by atoms with Gasteiger partial charge in [-0.2, -0.15) is 0 Å². The van der Waals surface area contributed by atoms with Crippen molar-refractivity contribution in [2.24, 2.45) is 11.5 Å². The largest absolute Gasteiger partial charge is 0.444 e. The Morgan fingerprint density at radius 2 is 0.742 bits per heavy atom. The zero-order valence-corrected chi connectivity index (χ0v) is 76.6. The first kappa shape index (κ1) is 98.1. The first-order valence-corrected chi connectivity index (χ1v) is 43.2. The second-order valence-electron chi connectivity index (χ2n) is 33.3. The van der Waals surface area contributed by atoms with Gasteiger partial charge in [0, 0.05) is 54.4 Å². The van der Waals surface area contributed by atoms with Crippen LogP contribution in [-0.2, 0) is 27.9 Å². The van der Waals surface area contributed by atoms with Gasteiger partial charge in [-0.3, -0.25) is 26.1 Å². The number of amides is 6. The molecule has 0 saturated carbocycles. The number of carbonyl (C=O) groups excluding carboxylic acids is 5. The van der Waals surface area contributed by atoms with Crippen LogP contribution < -0.4 is 38.5 Å². The molecule has 0 aliphatic heterocycles. The van der Waals surface area contributed by atoms with Gasteiger partial charge in [0.1, 0.15) is 45.9 Å². The maximum Gasteiger partial charge on any atom is 0.413 e. The van der Waals surface area contributed by atoms with Crippen LogP contribution in [0.15, 0.2) is 365 Å². The van der Waals surface area contributed by atoms with Crippen LogP contribution in [0.4, 0.5) is 48.3 Å². The van der Waals surface area contributed by atoms with E-state index in [4.69, 9.17) is 26.7 Å². The second-order valence-corrected chi connectivity index (χ2v) is 33.3. The zero-order valence-electron chi connectivity index (χ0n) is 76.6. The van der Waals surface area contributed by atoms with Gasteiger partial charge in [-0.1, -0.05) is 273 Å². The van der Waals surface area contributed by atoms with Gasteiger partial charge in [-0.05, 0) is 274 Å². The van der Waals surface area contributed by atoms with Gasteiger partial charge in [-0.25, -0.2) is 44.1 Å². The number of carbonyl (C=O) groups is 5. The first-order valence-electron chi connectivity index (χ1n) is 43.2. The SMILES string of the molecule is Cc1ccccc1C(=Cc1ccnc(N)c1)c1ccccc1.Cc1ccccc1C(=Cc1ccnc(NC(N)=O)c1)c1ccccc1.Cc1ccccc1C(=O)c1ccccc1.Cc1ccccc1C(Cc1ccnc(NC(N)=O)c1)c1ccccc1.Cc1ccccc1C(O)(Cc1ccnc(NC(=O)OC(C)(C)C)c1)c1ccccc1.Cc1ccnc(NC(=O)OC(C)(C)C)c1. The van der Waals surface area contributed by atoms with Gasteiger partial charge >= 0.3 is 24.2 Å². The Morgan fingerprint density at radius 3 is 1.20 bits per heavy atom. The lowest BCUT2D eigenvalue weighted by molar-refractivity contribution is 0.0624. The predicted octanol–water partition coefficient (Wildman–Crippen LogP) is 24.5. The lowest BCUT2D eigenvalue weighted by Crippen LogP contribution is -2.31. The highest BCUT2D eigenvalue weighted by atomic mass is 16.6. The lowest BCUT2D eigenvalue weighted by atomic mass is 9.79. The van der Waals surface area contributed by atoms with Crippen molar-refractivity contribution in [3.8, 4) is 0 Å². The Labute approximate surface area is 774 Å². The summed E-state index contributed by atoms with van der Waals surface area (Å²) in [5, 5.41) is 22.2. The summed E-state index contributed by atoms with van der Waals surface area (Å²) in [7, 11) is 0. The number of nitrogens with one attached hydrogen (secondary N) is 4. The van der Waals surface area contributed by atoms with Gasteiger partial charge in [0.05, 0.1) is 0 Å². The molecule has 20 nitrogen and oxygen atoms in total. The third-order valence-corrected chi connectivity index (χ3v) is 20.5. The van der Waals surface area contributed by atoms with Crippen molar-refractivity contribution >= 4 is 82.4 Å². The fourth-order valence-electron chi connectivity index (χ4n) is 14.4. The van der Waals surface area contributed by atoms with Crippen LogP contribution in [0.5, 0.6) is 0 Å². The minimum Gasteiger partial charge on any atom is -0.444 e. The highest BCUT2D eigenvalue weighted by molar-refractivity contribution is 6.10. The molecule has 0 fully saturated rings. The molecular formula is C112H114N12O8. The third-order valence-electron chi connectivity index (χ3n) is 20.5. The van der Waals surface area contributed by atoms with Crippen LogP contribution >= 0.6 is 0 Å². The van der Waals surface area contributed by atoms with Crippen molar-refractivity contribution in [3.05, 3.63) is 476 Å². The molecule has 670 valence electrons. The molecule has 15 rings (SSSR count). The number of nitrogens with zero attached hydrogens (tertiary/aromatic N) is 5. The first-order chi connectivity index (χ1) is 63.3. The summed E-state index contributed by atoms with van der Waals surface area (Å²) in [6.07, 6.45) is 12.7. The summed E-state index contributed by atoms with van der Waals surface area (Å²) in [4.78, 5) is 78.1. The summed E-state index contributed by atoms with van der Waals surface area (Å²) in [6, 6.07) is 108. The number of pyridine rings is 5. The molecule has 10 aromatic carbocycles. The maximum absolute atomic E-state index is 12.1. The second kappa shape index (κ2) is 48.2. The summed E-state index contributed by atoms with van der Waals surface area (Å²) >= 11 is 0. The number of primary amides is 2. The third kappa shape index (κ3) is 31.2. The number of nitrogen functional groups attached to an aromatic ring is 1. The summed E-state index contributed by atoms with van der Waals surface area (Å²) < 4.78 is 10.4. The summed E-state index contributed by atoms with van der Waals surface area (Å²) in [5.74, 6) is 2.64. The number of rotatable bonds is 20. The smallest absolute Gasteiger partial charge is 0.413 e. The average molecular weight is 1760 g/mol. The molecule has 15 aromatic rings. The van der Waals surface area contributed by atoms with Crippen molar-refractivity contribution in [2.45, 2.75) is 119 Å². The number of urea groups is 2. The zero-order chi connectivity index (χ0) is 94.6. The Bertz CT molecular complexity index is 6380. The van der Waals surface area contributed by atoms with Gasteiger partial charge in [0.2, 0.25) is 0 Å². The fourth-order valence-corrected chi connectivity index (χ4v) is 14.4. The molecule has 5 heterocycles. The van der Waals surface area contributed by atoms with E-state index in [-0.39, 0.29) is 11.7 Å². The van der Waals surface area contributed by atoms with Crippen LogP contribution in [-0.4, -0.2) is 71.3 Å². The van der Waals surface area contributed by atoms with Crippen LogP contribution in [0.2, 0.25) is 0 Å². The number of ketones is 1. The minimum absolute atomic E-state index is 0.0914. The van der Waals surface area contributed by atoms with Gasteiger partial charge in [0.25, 0.3) is 0 Å². The van der Waals surface area contributed by atoms with Crippen molar-refractivity contribution in [2.75, 3.05) is 27.0 Å². The highest BCUT2D eigenvalue weighted by Gasteiger charge is 2.34. The number of aryl methyl sites for hydroxylation is 6. The molecule has 0 saturated heterocycles. The molecule has 132 heavy (non-hydrogen) atoms. The fraction of sp³-hybridized carbons (Fsp3) is 0.161. The van der Waals surface area contributed by atoms with Crippen LogP contribution in [0.1, 0.15) is 164 Å². The van der Waals surface area contributed by atoms with Crippen molar-refractivity contribution < 1.29 is 38.6 Å². The number of nitrogens with two attached hydrogens (primary N) is 3. The molecule has 6 amide bonds. The molecule has 2 unspecified atom stereocenters. The number of hydrogen-bond acceptors (Lipinski definition) is 14. The van der Waals surface area contributed by atoms with Gasteiger partial charge < -0.3 is 31.8 Å². The average Bonchev–Trinajstić information content (AvgIpc) is 0.775. The minimum atomic E-state index is -1.23. The van der Waals surface area contributed by atoms with E-state index in [1.54, 1.807) is 70.0 Å². The highest BCUT2D eigenvalue weighted by Crippen LogP contribution is 2.38. The van der Waals surface area contributed by atoms with Crippen LogP contribution in [0.3, 0.4) is 0 Å². The Balaban J connectivity index is 0.000000167. The van der Waals surface area contributed by atoms with E-state index < -0.39 is 41.1 Å². The van der Waals surface area contributed by atoms with E-state index >= 15 is 0 Å². The van der Waals surface area contributed by atoms with Gasteiger partial charge in [0.15, 0.2) is 5.78 Å². The Morgan fingerprint density at radius 1 is 0.371 bits per heavy atom. The van der Waals surface area contributed by atoms with Crippen molar-refractivity contribution in [1.29, 1.82) is 0 Å². The van der Waals surface area contributed by atoms with Crippen LogP contribution in [0.25, 0.3) is 23.3 Å². The number of aliphatic hydroxyl groups is 1. The van der Waals surface area contributed by atoms with E-state index in [0.717, 1.165) is 84.3 Å². The van der Waals surface area contributed by atoms with E-state index in [1.807, 2.05) is 236 Å². The normalized spacial score (nSPS) is 11.6. The van der Waals surface area contributed by atoms with E-state index in [2.05, 4.69) is 200 Å². The Hall–Kier alpha value is -16.1. The molecule has 0 aliphatic rings. The number of benzene rings is 10. The molecule has 5 aromatic heterocycles. The van der Waals surface area contributed by atoms with Crippen molar-refractivity contribution in [1.82, 2.24) is 24.9 Å². The van der Waals surface area contributed by atoms with Crippen molar-refractivity contribution in [3.63, 3.8) is 0 Å². The maximum atomic E-state index is 12.1. The molecule has 0 aliphatic carbocycles. The number of ether oxygens (including phenoxy) is 2. The summed E-state index contributed by atoms with van der Waals surface area (Å²) in [5.41, 5.74) is 37.3. The number of hydrogen-bond donors (Lipinski definition) is 8. The number of anilines is 5. The standard InChI is InChI=1S/C25H28N2O3.C21H21N3O.C21H19N3O.C20H18N2.C14H12O.C11H16N2O2/c1-18-10-8-9-13-21(18)25(29,20-11-6-5-7-12-20)17-19-14-15-26-22(16-19)27-23(28)30-24(2,3)4;2*1-15-7-5-6-10-18(15)19(17-8-3-2-4-9-17)13-16-11-12-23-20(14-16)24-21(22)25;1-15-7-5-6-10-18(15)19(17-8-3-2-4-9-17)13-16-11-12-22-20(21)14-16;1-11-7-5-6-10-13(11)14(15)12-8-3-2-4-9-12;1-8-5-6-12-9(7-8)13-10(14)15-11(2,3)4/h5-16,29H,17H2,1-4H3,(H,26,27,28);2-12,14,19H,13H2,1H3,(H3,22,23,24,25);2-14H,1H3,(H3,22,23,24,25);2-14H,1H3,(H2,21,22);2-10H,1H3;5-7H,1-4H3,(H,12,13,14). The molecule has 0 spiro atoms. The molecule has 20 heteroatoms. The summed E-state index contributed by atoms with van der Waals surface area (Å²) in [6.45, 7) is 23.1. The quantitative estimate of drug-likeness (QED) is 0.0329. The van der Waals surface area contributed by atoms with Gasteiger partial charge in [-0.15, -0.1) is 0 Å². The molecule has 2 atom stereocenters. The van der Waals surface area contributed by atoms with E-state index in [1.165, 1.54) is 44.5 Å². The lowest BCUT2D eigenvalue weighted by Gasteiger charge is -2.31. The molecule has 11 N–H and O–H groups in total. The van der Waals surface area contributed by atoms with Crippen LogP contribution in [0, 0.1) is 41.5 Å². The molecule has 0 bridgehead atoms. The molecule has 0 radical (unpaired) electrons. The van der Waals surface area contributed by atoms with E-state index in [9.17, 15) is 29.1 Å². The van der Waals surface area contributed by atoms with E-state index in [0.29, 0.717) is 35.5 Å². The number of aromatic nitrogens is 5. The topological polar surface area (TPSA) is 315 Å². The Kier molecular flexibility index (Phi) is 35.8.